The van der Waals surface area contributed by atoms with E-state index in [0.717, 1.165) is 41.1 Å². The van der Waals surface area contributed by atoms with Crippen LogP contribution in [0.5, 0.6) is 0 Å². The molecule has 0 spiro atoms. The lowest BCUT2D eigenvalue weighted by molar-refractivity contribution is 0.751. The van der Waals surface area contributed by atoms with Crippen LogP contribution in [0.15, 0.2) is 34.8 Å². The molecule has 5 heteroatoms. The first-order chi connectivity index (χ1) is 8.72. The largest absolute Gasteiger partial charge is 0.354 e. The number of hydrogen-bond donors (Lipinski definition) is 2. The average molecular weight is 307 g/mol. The first-order valence-corrected chi connectivity index (χ1v) is 6.83. The Labute approximate surface area is 114 Å². The van der Waals surface area contributed by atoms with Crippen LogP contribution in [0.3, 0.4) is 0 Å². The van der Waals surface area contributed by atoms with Crippen molar-refractivity contribution >= 4 is 21.7 Å². The second-order valence-electron chi connectivity index (χ2n) is 4.64. The normalized spacial score (nSPS) is 19.4. The van der Waals surface area contributed by atoms with Crippen LogP contribution in [-0.2, 0) is 0 Å². The summed E-state index contributed by atoms with van der Waals surface area (Å²) in [6.45, 7) is 1.89. The van der Waals surface area contributed by atoms with Gasteiger partial charge in [0.2, 0.25) is 0 Å². The molecule has 0 bridgehead atoms. The number of H-pyrrole nitrogens is 1. The van der Waals surface area contributed by atoms with Crippen molar-refractivity contribution in [2.75, 3.05) is 18.0 Å². The van der Waals surface area contributed by atoms with Crippen molar-refractivity contribution in [2.24, 2.45) is 5.73 Å². The number of anilines is 1. The SMILES string of the molecule is NC1CCN(c2cc(-c3ccc(Br)cc3)[nH]n2)C1. The Hall–Kier alpha value is -1.33. The summed E-state index contributed by atoms with van der Waals surface area (Å²) in [5.74, 6) is 0.987. The summed E-state index contributed by atoms with van der Waals surface area (Å²) in [6, 6.07) is 10.6. The molecule has 0 aliphatic carbocycles. The van der Waals surface area contributed by atoms with E-state index in [-0.39, 0.29) is 6.04 Å². The van der Waals surface area contributed by atoms with Crippen molar-refractivity contribution in [1.82, 2.24) is 10.2 Å². The summed E-state index contributed by atoms with van der Waals surface area (Å²) in [5.41, 5.74) is 8.09. The molecule has 1 aliphatic rings. The van der Waals surface area contributed by atoms with Crippen LogP contribution in [0, 0.1) is 0 Å². The van der Waals surface area contributed by atoms with E-state index in [1.165, 1.54) is 0 Å². The first kappa shape index (κ1) is 11.7. The van der Waals surface area contributed by atoms with Gasteiger partial charge >= 0.3 is 0 Å². The molecule has 0 saturated carbocycles. The molecule has 2 heterocycles. The quantitative estimate of drug-likeness (QED) is 0.895. The van der Waals surface area contributed by atoms with Crippen molar-refractivity contribution in [2.45, 2.75) is 12.5 Å². The van der Waals surface area contributed by atoms with Gasteiger partial charge in [0.15, 0.2) is 5.82 Å². The highest BCUT2D eigenvalue weighted by molar-refractivity contribution is 9.10. The van der Waals surface area contributed by atoms with Crippen LogP contribution in [0.25, 0.3) is 11.3 Å². The van der Waals surface area contributed by atoms with Gasteiger partial charge in [0, 0.05) is 29.7 Å². The molecule has 1 aromatic heterocycles. The number of nitrogens with zero attached hydrogens (tertiary/aromatic N) is 2. The third kappa shape index (κ3) is 2.28. The van der Waals surface area contributed by atoms with Gasteiger partial charge < -0.3 is 10.6 Å². The standard InChI is InChI=1S/C13H15BrN4/c14-10-3-1-9(2-4-10)12-7-13(17-16-12)18-6-5-11(15)8-18/h1-4,7,11H,5-6,8,15H2,(H,16,17). The molecule has 2 aromatic rings. The summed E-state index contributed by atoms with van der Waals surface area (Å²) < 4.78 is 1.08. The fraction of sp³-hybridized carbons (Fsp3) is 0.308. The molecule has 3 rings (SSSR count). The highest BCUT2D eigenvalue weighted by Gasteiger charge is 2.21. The van der Waals surface area contributed by atoms with Crippen LogP contribution in [0.2, 0.25) is 0 Å². The van der Waals surface area contributed by atoms with Gasteiger partial charge in [-0.3, -0.25) is 5.10 Å². The maximum atomic E-state index is 5.91. The molecular formula is C13H15BrN4. The fourth-order valence-electron chi connectivity index (χ4n) is 2.25. The monoisotopic (exact) mass is 306 g/mol. The minimum atomic E-state index is 0.276. The molecule has 1 saturated heterocycles. The molecule has 0 radical (unpaired) electrons. The summed E-state index contributed by atoms with van der Waals surface area (Å²) in [7, 11) is 0. The maximum absolute atomic E-state index is 5.91. The summed E-state index contributed by atoms with van der Waals surface area (Å²) in [4.78, 5) is 2.23. The van der Waals surface area contributed by atoms with Crippen LogP contribution >= 0.6 is 15.9 Å². The predicted octanol–water partition coefficient (Wildman–Crippen LogP) is 2.38. The minimum absolute atomic E-state index is 0.276. The Balaban J connectivity index is 1.83. The number of aromatic amines is 1. The van der Waals surface area contributed by atoms with Crippen molar-refractivity contribution in [3.63, 3.8) is 0 Å². The number of hydrogen-bond acceptors (Lipinski definition) is 3. The lowest BCUT2D eigenvalue weighted by atomic mass is 10.1. The summed E-state index contributed by atoms with van der Waals surface area (Å²) in [5, 5.41) is 7.45. The fourth-order valence-corrected chi connectivity index (χ4v) is 2.51. The van der Waals surface area contributed by atoms with E-state index in [1.807, 2.05) is 12.1 Å². The van der Waals surface area contributed by atoms with Gasteiger partial charge in [-0.25, -0.2) is 0 Å². The highest BCUT2D eigenvalue weighted by Crippen LogP contribution is 2.25. The van der Waals surface area contributed by atoms with Gasteiger partial charge in [0.05, 0.1) is 5.69 Å². The zero-order valence-corrected chi connectivity index (χ0v) is 11.5. The zero-order valence-electron chi connectivity index (χ0n) is 9.94. The molecule has 3 N–H and O–H groups in total. The van der Waals surface area contributed by atoms with Gasteiger partial charge in [0.25, 0.3) is 0 Å². The number of aromatic nitrogens is 2. The zero-order chi connectivity index (χ0) is 12.5. The van der Waals surface area contributed by atoms with Crippen molar-refractivity contribution < 1.29 is 0 Å². The van der Waals surface area contributed by atoms with Crippen molar-refractivity contribution in [1.29, 1.82) is 0 Å². The third-order valence-electron chi connectivity index (χ3n) is 3.27. The second kappa shape index (κ2) is 4.74. The molecule has 1 aliphatic heterocycles. The predicted molar refractivity (Wildman–Crippen MR) is 76.5 cm³/mol. The Morgan fingerprint density at radius 3 is 2.78 bits per heavy atom. The molecule has 18 heavy (non-hydrogen) atoms. The van der Waals surface area contributed by atoms with Crippen LogP contribution in [-0.4, -0.2) is 29.3 Å². The molecule has 4 nitrogen and oxygen atoms in total. The topological polar surface area (TPSA) is 57.9 Å². The molecule has 1 fully saturated rings. The van der Waals surface area contributed by atoms with E-state index in [9.17, 15) is 0 Å². The Morgan fingerprint density at radius 1 is 1.33 bits per heavy atom. The number of benzene rings is 1. The Bertz CT molecular complexity index is 534. The molecule has 1 unspecified atom stereocenters. The average Bonchev–Trinajstić information content (AvgIpc) is 2.98. The van der Waals surface area contributed by atoms with Crippen molar-refractivity contribution in [3.8, 4) is 11.3 Å². The summed E-state index contributed by atoms with van der Waals surface area (Å²) >= 11 is 3.44. The number of nitrogens with two attached hydrogens (primary N) is 1. The van der Waals surface area contributed by atoms with Gasteiger partial charge in [0.1, 0.15) is 0 Å². The van der Waals surface area contributed by atoms with E-state index in [1.54, 1.807) is 0 Å². The minimum Gasteiger partial charge on any atom is -0.354 e. The van der Waals surface area contributed by atoms with Gasteiger partial charge in [-0.15, -0.1) is 0 Å². The van der Waals surface area contributed by atoms with Crippen molar-refractivity contribution in [3.05, 3.63) is 34.8 Å². The lowest BCUT2D eigenvalue weighted by Gasteiger charge is -2.13. The van der Waals surface area contributed by atoms with E-state index in [4.69, 9.17) is 5.73 Å². The van der Waals surface area contributed by atoms with Gasteiger partial charge in [-0.05, 0) is 24.1 Å². The van der Waals surface area contributed by atoms with E-state index >= 15 is 0 Å². The van der Waals surface area contributed by atoms with E-state index < -0.39 is 0 Å². The maximum Gasteiger partial charge on any atom is 0.151 e. The molecule has 0 amide bonds. The Morgan fingerprint density at radius 2 is 2.11 bits per heavy atom. The van der Waals surface area contributed by atoms with E-state index in [2.05, 4.69) is 49.2 Å². The van der Waals surface area contributed by atoms with Gasteiger partial charge in [-0.2, -0.15) is 5.10 Å². The third-order valence-corrected chi connectivity index (χ3v) is 3.80. The van der Waals surface area contributed by atoms with Crippen LogP contribution in [0.4, 0.5) is 5.82 Å². The smallest absolute Gasteiger partial charge is 0.151 e. The summed E-state index contributed by atoms with van der Waals surface area (Å²) in [6.07, 6.45) is 1.04. The molecular weight excluding hydrogens is 292 g/mol. The van der Waals surface area contributed by atoms with E-state index in [0.29, 0.717) is 0 Å². The molecule has 1 atom stereocenters. The van der Waals surface area contributed by atoms with Crippen LogP contribution < -0.4 is 10.6 Å². The van der Waals surface area contributed by atoms with Crippen LogP contribution in [0.1, 0.15) is 6.42 Å². The first-order valence-electron chi connectivity index (χ1n) is 6.04. The Kier molecular flexibility index (Phi) is 3.09. The number of rotatable bonds is 2. The molecule has 1 aromatic carbocycles. The van der Waals surface area contributed by atoms with Gasteiger partial charge in [-0.1, -0.05) is 28.1 Å². The lowest BCUT2D eigenvalue weighted by Crippen LogP contribution is -2.26. The molecule has 94 valence electrons. The highest BCUT2D eigenvalue weighted by atomic mass is 79.9. The number of halogens is 1. The second-order valence-corrected chi connectivity index (χ2v) is 5.56. The number of nitrogens with one attached hydrogen (secondary N) is 1.